The molecule has 40 heavy (non-hydrogen) atoms. The van der Waals surface area contributed by atoms with Crippen LogP contribution in [-0.2, 0) is 17.9 Å². The minimum absolute atomic E-state index is 0.0653. The van der Waals surface area contributed by atoms with Crippen LogP contribution in [0.2, 0.25) is 0 Å². The van der Waals surface area contributed by atoms with Crippen molar-refractivity contribution in [1.82, 2.24) is 19.7 Å². The zero-order valence-electron chi connectivity index (χ0n) is 23.7. The standard InChI is InChI=1S/C31H41N5O4/c1-24-7-6-8-25(2)30(24)35-15-17-36(18-16-35)31(38)28-23-40-29(32-28)20-34-13-11-33(12-14-34)19-27(37)22-39-21-26-9-4-3-5-10-26/h3-10,23,27,37H,11-22H2,1-2H3/t27-/m0/s1. The van der Waals surface area contributed by atoms with Crippen molar-refractivity contribution in [2.75, 3.05) is 70.4 Å². The van der Waals surface area contributed by atoms with Gasteiger partial charge in [-0.25, -0.2) is 4.98 Å². The first-order valence-electron chi connectivity index (χ1n) is 14.3. The van der Waals surface area contributed by atoms with Crippen LogP contribution in [0.1, 0.15) is 33.1 Å². The first kappa shape index (κ1) is 28.3. The van der Waals surface area contributed by atoms with Gasteiger partial charge in [0.2, 0.25) is 5.89 Å². The lowest BCUT2D eigenvalue weighted by Crippen LogP contribution is -2.49. The van der Waals surface area contributed by atoms with Gasteiger partial charge < -0.3 is 24.1 Å². The molecule has 2 aromatic carbocycles. The third-order valence-electron chi connectivity index (χ3n) is 7.81. The molecule has 1 atom stereocenters. The van der Waals surface area contributed by atoms with E-state index in [0.29, 0.717) is 51.0 Å². The third kappa shape index (κ3) is 7.28. The van der Waals surface area contributed by atoms with E-state index in [1.54, 1.807) is 0 Å². The molecular weight excluding hydrogens is 506 g/mol. The van der Waals surface area contributed by atoms with Crippen molar-refractivity contribution in [3.8, 4) is 0 Å². The molecule has 0 radical (unpaired) electrons. The Balaban J connectivity index is 1.02. The van der Waals surface area contributed by atoms with Crippen LogP contribution in [-0.4, -0.2) is 102 Å². The molecule has 1 amide bonds. The minimum atomic E-state index is -0.516. The topological polar surface area (TPSA) is 85.5 Å². The molecule has 3 heterocycles. The van der Waals surface area contributed by atoms with Crippen molar-refractivity contribution >= 4 is 11.6 Å². The van der Waals surface area contributed by atoms with Gasteiger partial charge in [0.25, 0.3) is 5.91 Å². The molecule has 214 valence electrons. The van der Waals surface area contributed by atoms with Crippen molar-refractivity contribution in [2.24, 2.45) is 0 Å². The van der Waals surface area contributed by atoms with Crippen molar-refractivity contribution in [1.29, 1.82) is 0 Å². The van der Waals surface area contributed by atoms with E-state index in [4.69, 9.17) is 9.15 Å². The maximum absolute atomic E-state index is 13.1. The van der Waals surface area contributed by atoms with Crippen LogP contribution in [0.3, 0.4) is 0 Å². The summed E-state index contributed by atoms with van der Waals surface area (Å²) in [7, 11) is 0. The lowest BCUT2D eigenvalue weighted by molar-refractivity contribution is 0.000371. The van der Waals surface area contributed by atoms with Crippen LogP contribution in [0.25, 0.3) is 0 Å². The van der Waals surface area contributed by atoms with Gasteiger partial charge in [-0.2, -0.15) is 0 Å². The zero-order valence-corrected chi connectivity index (χ0v) is 23.7. The van der Waals surface area contributed by atoms with Gasteiger partial charge in [0.05, 0.1) is 25.9 Å². The summed E-state index contributed by atoms with van der Waals surface area (Å²) < 4.78 is 11.4. The Morgan fingerprint density at radius 2 is 1.60 bits per heavy atom. The molecule has 2 aliphatic rings. The number of benzene rings is 2. The predicted octanol–water partition coefficient (Wildman–Crippen LogP) is 2.95. The number of aliphatic hydroxyl groups excluding tert-OH is 1. The Labute approximate surface area is 236 Å². The van der Waals surface area contributed by atoms with Gasteiger partial charge in [0.1, 0.15) is 6.26 Å². The maximum atomic E-state index is 13.1. The number of amides is 1. The Morgan fingerprint density at radius 1 is 0.925 bits per heavy atom. The van der Waals surface area contributed by atoms with E-state index in [1.165, 1.54) is 23.1 Å². The molecule has 3 aromatic rings. The molecule has 0 bridgehead atoms. The summed E-state index contributed by atoms with van der Waals surface area (Å²) in [6.07, 6.45) is 0.982. The molecule has 5 rings (SSSR count). The van der Waals surface area contributed by atoms with Crippen LogP contribution < -0.4 is 4.90 Å². The number of rotatable bonds is 10. The number of β-amino-alcohol motifs (C(OH)–C–C–N with tert-alkyl or cyclic N) is 1. The van der Waals surface area contributed by atoms with Gasteiger partial charge in [-0.15, -0.1) is 0 Å². The van der Waals surface area contributed by atoms with Crippen LogP contribution in [0.15, 0.2) is 59.2 Å². The van der Waals surface area contributed by atoms with Crippen molar-refractivity contribution in [2.45, 2.75) is 33.1 Å². The van der Waals surface area contributed by atoms with Crippen LogP contribution in [0.5, 0.6) is 0 Å². The summed E-state index contributed by atoms with van der Waals surface area (Å²) in [4.78, 5) is 26.4. The number of piperazine rings is 2. The second-order valence-corrected chi connectivity index (χ2v) is 10.9. The number of hydrogen-bond acceptors (Lipinski definition) is 8. The molecule has 2 fully saturated rings. The number of aryl methyl sites for hydroxylation is 2. The normalized spacial score (nSPS) is 17.8. The molecule has 9 heteroatoms. The fraction of sp³-hybridized carbons (Fsp3) is 0.484. The van der Waals surface area contributed by atoms with E-state index in [2.05, 4.69) is 51.7 Å². The van der Waals surface area contributed by atoms with Gasteiger partial charge in [-0.05, 0) is 30.5 Å². The molecule has 0 aliphatic carbocycles. The average Bonchev–Trinajstić information content (AvgIpc) is 3.43. The lowest BCUT2D eigenvalue weighted by atomic mass is 10.1. The molecule has 2 aliphatic heterocycles. The average molecular weight is 548 g/mol. The SMILES string of the molecule is Cc1cccc(C)c1N1CCN(C(=O)c2coc(CN3CCN(C[C@H](O)COCc4ccccc4)CC3)n2)CC1. The summed E-state index contributed by atoms with van der Waals surface area (Å²) in [5.74, 6) is 0.504. The molecule has 9 nitrogen and oxygen atoms in total. The largest absolute Gasteiger partial charge is 0.447 e. The number of aliphatic hydroxyl groups is 1. The van der Waals surface area contributed by atoms with Gasteiger partial charge in [0.15, 0.2) is 5.69 Å². The van der Waals surface area contributed by atoms with E-state index < -0.39 is 6.10 Å². The van der Waals surface area contributed by atoms with Crippen molar-refractivity contribution < 1.29 is 19.1 Å². The summed E-state index contributed by atoms with van der Waals surface area (Å²) in [5.41, 5.74) is 5.31. The summed E-state index contributed by atoms with van der Waals surface area (Å²) in [6, 6.07) is 16.4. The van der Waals surface area contributed by atoms with E-state index in [9.17, 15) is 9.90 Å². The van der Waals surface area contributed by atoms with Crippen molar-refractivity contribution in [3.63, 3.8) is 0 Å². The maximum Gasteiger partial charge on any atom is 0.275 e. The highest BCUT2D eigenvalue weighted by Gasteiger charge is 2.26. The molecule has 2 saturated heterocycles. The zero-order chi connectivity index (χ0) is 27.9. The summed E-state index contributed by atoms with van der Waals surface area (Å²) >= 11 is 0. The fourth-order valence-electron chi connectivity index (χ4n) is 5.64. The van der Waals surface area contributed by atoms with E-state index in [0.717, 1.165) is 44.8 Å². The third-order valence-corrected chi connectivity index (χ3v) is 7.81. The number of oxazole rings is 1. The van der Waals surface area contributed by atoms with E-state index in [1.807, 2.05) is 35.2 Å². The predicted molar refractivity (Wildman–Crippen MR) is 154 cm³/mol. The molecule has 0 spiro atoms. The Morgan fingerprint density at radius 3 is 2.30 bits per heavy atom. The second kappa shape index (κ2) is 13.4. The lowest BCUT2D eigenvalue weighted by Gasteiger charge is -2.37. The van der Waals surface area contributed by atoms with Gasteiger partial charge in [-0.3, -0.25) is 14.6 Å². The minimum Gasteiger partial charge on any atom is -0.447 e. The number of ether oxygens (including phenoxy) is 1. The molecule has 1 aromatic heterocycles. The van der Waals surface area contributed by atoms with Gasteiger partial charge in [0, 0.05) is 64.6 Å². The van der Waals surface area contributed by atoms with Crippen LogP contribution in [0.4, 0.5) is 5.69 Å². The van der Waals surface area contributed by atoms with Crippen LogP contribution in [0, 0.1) is 13.8 Å². The van der Waals surface area contributed by atoms with Crippen molar-refractivity contribution in [3.05, 3.63) is 83.1 Å². The monoisotopic (exact) mass is 547 g/mol. The van der Waals surface area contributed by atoms with E-state index >= 15 is 0 Å². The number of nitrogens with zero attached hydrogens (tertiary/aromatic N) is 5. The van der Waals surface area contributed by atoms with Gasteiger partial charge >= 0.3 is 0 Å². The number of carbonyl (C=O) groups excluding carboxylic acids is 1. The highest BCUT2D eigenvalue weighted by molar-refractivity contribution is 5.92. The second-order valence-electron chi connectivity index (χ2n) is 10.9. The smallest absolute Gasteiger partial charge is 0.275 e. The molecule has 0 unspecified atom stereocenters. The van der Waals surface area contributed by atoms with E-state index in [-0.39, 0.29) is 5.91 Å². The first-order chi connectivity index (χ1) is 19.5. The Hall–Kier alpha value is -3.24. The first-order valence-corrected chi connectivity index (χ1v) is 14.3. The summed E-state index contributed by atoms with van der Waals surface area (Å²) in [5, 5.41) is 10.4. The molecule has 1 N–H and O–H groups in total. The van der Waals surface area contributed by atoms with Crippen LogP contribution >= 0.6 is 0 Å². The fourth-order valence-corrected chi connectivity index (χ4v) is 5.64. The quantitative estimate of drug-likeness (QED) is 0.415. The number of hydrogen-bond donors (Lipinski definition) is 1. The number of anilines is 1. The highest BCUT2D eigenvalue weighted by atomic mass is 16.5. The molecule has 0 saturated carbocycles. The Bertz CT molecular complexity index is 1210. The van der Waals surface area contributed by atoms with Gasteiger partial charge in [-0.1, -0.05) is 48.5 Å². The number of aromatic nitrogens is 1. The highest BCUT2D eigenvalue weighted by Crippen LogP contribution is 2.26. The summed E-state index contributed by atoms with van der Waals surface area (Å²) in [6.45, 7) is 12.6. The molecular formula is C31H41N5O4. The number of para-hydroxylation sites is 1. The number of carbonyl (C=O) groups is 1. The Kier molecular flexibility index (Phi) is 9.49.